The molecule has 4 heteroatoms. The van der Waals surface area contributed by atoms with E-state index in [2.05, 4.69) is 29.5 Å². The Labute approximate surface area is 133 Å². The zero-order valence-electron chi connectivity index (χ0n) is 11.2. The van der Waals surface area contributed by atoms with Crippen LogP contribution in [0.25, 0.3) is 0 Å². The first-order valence-electron chi connectivity index (χ1n) is 6.89. The monoisotopic (exact) mass is 391 g/mol. The van der Waals surface area contributed by atoms with Crippen LogP contribution in [0.5, 0.6) is 0 Å². The third-order valence-corrected chi connectivity index (χ3v) is 5.25. The van der Waals surface area contributed by atoms with E-state index >= 15 is 0 Å². The number of hydrogen-bond donors (Lipinski definition) is 0. The van der Waals surface area contributed by atoms with E-state index < -0.39 is 0 Å². The predicted molar refractivity (Wildman–Crippen MR) is 87.8 cm³/mol. The molecule has 19 heavy (non-hydrogen) atoms. The zero-order valence-corrected chi connectivity index (χ0v) is 14.1. The van der Waals surface area contributed by atoms with Gasteiger partial charge >= 0.3 is 0 Å². The topological polar surface area (TPSA) is 20.3 Å². The van der Waals surface area contributed by atoms with Gasteiger partial charge in [-0.1, -0.05) is 24.9 Å². The van der Waals surface area contributed by atoms with Gasteiger partial charge in [0.05, 0.1) is 5.02 Å². The standard InChI is InChI=1S/C15H19ClINO/c1-2-5-12-6-3-4-9-18(12)15(19)11-7-8-14(17)13(16)10-11/h7-8,10,12H,2-6,9H2,1H3. The Balaban J connectivity index is 2.18. The van der Waals surface area contributed by atoms with E-state index in [4.69, 9.17) is 11.6 Å². The lowest BCUT2D eigenvalue weighted by Gasteiger charge is -2.36. The second-order valence-corrected chi connectivity index (χ2v) is 6.64. The summed E-state index contributed by atoms with van der Waals surface area (Å²) in [6, 6.07) is 6.00. The van der Waals surface area contributed by atoms with Gasteiger partial charge in [0.15, 0.2) is 0 Å². The lowest BCUT2D eigenvalue weighted by Crippen LogP contribution is -2.43. The fraction of sp³-hybridized carbons (Fsp3) is 0.533. The van der Waals surface area contributed by atoms with Gasteiger partial charge in [-0.15, -0.1) is 0 Å². The van der Waals surface area contributed by atoms with Crippen molar-refractivity contribution in [2.75, 3.05) is 6.54 Å². The highest BCUT2D eigenvalue weighted by atomic mass is 127. The lowest BCUT2D eigenvalue weighted by molar-refractivity contribution is 0.0600. The van der Waals surface area contributed by atoms with Gasteiger partial charge in [0.25, 0.3) is 5.91 Å². The van der Waals surface area contributed by atoms with Crippen molar-refractivity contribution >= 4 is 40.1 Å². The number of carbonyl (C=O) groups excluding carboxylic acids is 1. The molecule has 1 aliphatic rings. The highest BCUT2D eigenvalue weighted by Gasteiger charge is 2.26. The smallest absolute Gasteiger partial charge is 0.254 e. The summed E-state index contributed by atoms with van der Waals surface area (Å²) < 4.78 is 0.986. The Morgan fingerprint density at radius 2 is 2.26 bits per heavy atom. The van der Waals surface area contributed by atoms with Gasteiger partial charge in [0, 0.05) is 21.7 Å². The fourth-order valence-corrected chi connectivity index (χ4v) is 3.21. The lowest BCUT2D eigenvalue weighted by atomic mass is 9.97. The third-order valence-electron chi connectivity index (χ3n) is 3.68. The normalized spacial score (nSPS) is 19.5. The molecule has 0 radical (unpaired) electrons. The molecule has 1 aliphatic heterocycles. The van der Waals surface area contributed by atoms with Crippen molar-refractivity contribution in [2.45, 2.75) is 45.1 Å². The van der Waals surface area contributed by atoms with Crippen LogP contribution in [-0.4, -0.2) is 23.4 Å². The van der Waals surface area contributed by atoms with Crippen LogP contribution in [0.3, 0.4) is 0 Å². The average Bonchev–Trinajstić information content (AvgIpc) is 2.42. The fourth-order valence-electron chi connectivity index (χ4n) is 2.70. The Bertz CT molecular complexity index is 461. The van der Waals surface area contributed by atoms with Crippen LogP contribution in [0, 0.1) is 3.57 Å². The Morgan fingerprint density at radius 1 is 1.47 bits per heavy atom. The van der Waals surface area contributed by atoms with Crippen LogP contribution < -0.4 is 0 Å². The average molecular weight is 392 g/mol. The first-order valence-corrected chi connectivity index (χ1v) is 8.35. The zero-order chi connectivity index (χ0) is 13.8. The van der Waals surface area contributed by atoms with Crippen molar-refractivity contribution in [1.29, 1.82) is 0 Å². The summed E-state index contributed by atoms with van der Waals surface area (Å²) >= 11 is 8.30. The molecule has 1 saturated heterocycles. The Morgan fingerprint density at radius 3 is 2.95 bits per heavy atom. The molecular weight excluding hydrogens is 373 g/mol. The molecule has 0 aliphatic carbocycles. The van der Waals surface area contributed by atoms with Gasteiger partial charge in [-0.3, -0.25) is 4.79 Å². The Kier molecular flexibility index (Phi) is 5.51. The van der Waals surface area contributed by atoms with Crippen molar-refractivity contribution < 1.29 is 4.79 Å². The summed E-state index contributed by atoms with van der Waals surface area (Å²) in [6.45, 7) is 3.06. The summed E-state index contributed by atoms with van der Waals surface area (Å²) in [5.74, 6) is 0.136. The van der Waals surface area contributed by atoms with E-state index in [1.54, 1.807) is 6.07 Å². The summed E-state index contributed by atoms with van der Waals surface area (Å²) in [7, 11) is 0. The van der Waals surface area contributed by atoms with Gasteiger partial charge < -0.3 is 4.90 Å². The number of likely N-dealkylation sites (tertiary alicyclic amines) is 1. The van der Waals surface area contributed by atoms with Crippen molar-refractivity contribution in [1.82, 2.24) is 4.90 Å². The molecule has 2 rings (SSSR count). The summed E-state index contributed by atoms with van der Waals surface area (Å²) in [4.78, 5) is 14.7. The molecule has 1 aromatic rings. The maximum Gasteiger partial charge on any atom is 0.254 e. The van der Waals surface area contributed by atoms with Gasteiger partial charge in [0.1, 0.15) is 0 Å². The first kappa shape index (κ1) is 15.1. The van der Waals surface area contributed by atoms with E-state index in [-0.39, 0.29) is 5.91 Å². The number of carbonyl (C=O) groups is 1. The maximum absolute atomic E-state index is 12.6. The molecule has 0 bridgehead atoms. The summed E-state index contributed by atoms with van der Waals surface area (Å²) in [5, 5.41) is 0.663. The van der Waals surface area contributed by atoms with Gasteiger partial charge in [0.2, 0.25) is 0 Å². The molecule has 0 saturated carbocycles. The van der Waals surface area contributed by atoms with Crippen molar-refractivity contribution in [3.05, 3.63) is 32.4 Å². The number of hydrogen-bond acceptors (Lipinski definition) is 1. The number of benzene rings is 1. The molecule has 1 unspecified atom stereocenters. The molecule has 1 heterocycles. The summed E-state index contributed by atoms with van der Waals surface area (Å²) in [6.07, 6.45) is 5.72. The molecule has 104 valence electrons. The molecule has 0 aromatic heterocycles. The molecule has 0 N–H and O–H groups in total. The van der Waals surface area contributed by atoms with Crippen molar-refractivity contribution in [2.24, 2.45) is 0 Å². The third kappa shape index (κ3) is 3.63. The number of nitrogens with zero attached hydrogens (tertiary/aromatic N) is 1. The van der Waals surface area contributed by atoms with Crippen LogP contribution in [0.15, 0.2) is 18.2 Å². The predicted octanol–water partition coefficient (Wildman–Crippen LogP) is 4.74. The number of halogens is 2. The Hall–Kier alpha value is -0.290. The van der Waals surface area contributed by atoms with E-state index in [9.17, 15) is 4.79 Å². The van der Waals surface area contributed by atoms with Crippen LogP contribution in [0.2, 0.25) is 5.02 Å². The minimum absolute atomic E-state index is 0.136. The highest BCUT2D eigenvalue weighted by Crippen LogP contribution is 2.25. The van der Waals surface area contributed by atoms with Gasteiger partial charge in [-0.05, 0) is 66.5 Å². The van der Waals surface area contributed by atoms with E-state index in [0.29, 0.717) is 16.6 Å². The van der Waals surface area contributed by atoms with E-state index in [1.807, 2.05) is 17.0 Å². The first-order chi connectivity index (χ1) is 9.13. The van der Waals surface area contributed by atoms with Gasteiger partial charge in [-0.25, -0.2) is 0 Å². The van der Waals surface area contributed by atoms with Crippen LogP contribution in [0.4, 0.5) is 0 Å². The van der Waals surface area contributed by atoms with Gasteiger partial charge in [-0.2, -0.15) is 0 Å². The molecular formula is C15H19ClINO. The van der Waals surface area contributed by atoms with Crippen molar-refractivity contribution in [3.63, 3.8) is 0 Å². The van der Waals surface area contributed by atoms with Crippen LogP contribution in [0.1, 0.15) is 49.4 Å². The molecule has 1 aromatic carbocycles. The largest absolute Gasteiger partial charge is 0.336 e. The molecule has 1 fully saturated rings. The van der Waals surface area contributed by atoms with Crippen LogP contribution >= 0.6 is 34.2 Å². The molecule has 0 spiro atoms. The quantitative estimate of drug-likeness (QED) is 0.682. The minimum Gasteiger partial charge on any atom is -0.336 e. The van der Waals surface area contributed by atoms with Crippen molar-refractivity contribution in [3.8, 4) is 0 Å². The SMILES string of the molecule is CCCC1CCCCN1C(=O)c1ccc(I)c(Cl)c1. The summed E-state index contributed by atoms with van der Waals surface area (Å²) in [5.41, 5.74) is 0.716. The number of amides is 1. The molecule has 2 nitrogen and oxygen atoms in total. The van der Waals surface area contributed by atoms with Crippen LogP contribution in [-0.2, 0) is 0 Å². The molecule has 1 amide bonds. The second kappa shape index (κ2) is 6.93. The number of rotatable bonds is 3. The van der Waals surface area contributed by atoms with E-state index in [0.717, 1.165) is 35.8 Å². The molecule has 1 atom stereocenters. The highest BCUT2D eigenvalue weighted by molar-refractivity contribution is 14.1. The minimum atomic E-state index is 0.136. The second-order valence-electron chi connectivity index (χ2n) is 5.07. The number of piperidine rings is 1. The van der Waals surface area contributed by atoms with E-state index in [1.165, 1.54) is 6.42 Å². The maximum atomic E-state index is 12.6.